The standard InChI is InChI=1S/C27H22NO.C19H26NSi.Ir/c1-27(2,3)20-14-15-28-24(17-20)23-11-7-10-22-21-13-12-19(16-25(21)29-26(22)23)18-8-5-4-6-9-18;1-19(2,3)13-16-12-17(15-10-8-7-9-11-15)20-14-18(16)21(4,5)6;/h4-10,12-17H,1-3H3;7-10,12,14H,13H2,1-6H3;/q2*-1;. The maximum atomic E-state index is 6.35. The maximum Gasteiger partial charge on any atom is 0.121 e. The van der Waals surface area contributed by atoms with E-state index < -0.39 is 8.07 Å². The normalized spacial score (nSPS) is 11.9. The summed E-state index contributed by atoms with van der Waals surface area (Å²) >= 11 is 0. The van der Waals surface area contributed by atoms with E-state index in [1.165, 1.54) is 21.9 Å². The summed E-state index contributed by atoms with van der Waals surface area (Å²) in [6.07, 6.45) is 5.08. The minimum atomic E-state index is -1.37. The Morgan fingerprint density at radius 1 is 0.686 bits per heavy atom. The Bertz CT molecular complexity index is 2240. The molecule has 0 aliphatic rings. The van der Waals surface area contributed by atoms with Gasteiger partial charge in [-0.3, -0.25) is 0 Å². The van der Waals surface area contributed by atoms with Gasteiger partial charge in [-0.25, -0.2) is 0 Å². The third-order valence-electron chi connectivity index (χ3n) is 8.93. The molecule has 3 nitrogen and oxygen atoms in total. The molecule has 0 N–H and O–H groups in total. The molecule has 0 saturated heterocycles. The molecule has 0 fully saturated rings. The van der Waals surface area contributed by atoms with Crippen molar-refractivity contribution >= 4 is 35.2 Å². The summed E-state index contributed by atoms with van der Waals surface area (Å²) in [6, 6.07) is 42.0. The predicted octanol–water partition coefficient (Wildman–Crippen LogP) is 12.1. The molecule has 0 unspecified atom stereocenters. The van der Waals surface area contributed by atoms with Crippen LogP contribution in [0, 0.1) is 17.5 Å². The Hall–Kier alpha value is -4.15. The molecule has 0 aliphatic carbocycles. The molecule has 3 aromatic heterocycles. The van der Waals surface area contributed by atoms with E-state index >= 15 is 0 Å². The van der Waals surface area contributed by atoms with Crippen LogP contribution in [0.2, 0.25) is 19.6 Å². The van der Waals surface area contributed by atoms with Crippen molar-refractivity contribution in [1.82, 2.24) is 9.97 Å². The number of pyridine rings is 2. The first-order valence-electron chi connectivity index (χ1n) is 17.5. The molecule has 4 aromatic carbocycles. The largest absolute Gasteiger partial charge is 0.501 e. The Kier molecular flexibility index (Phi) is 11.4. The average Bonchev–Trinajstić information content (AvgIpc) is 3.46. The number of aromatic nitrogens is 2. The Morgan fingerprint density at radius 2 is 1.43 bits per heavy atom. The van der Waals surface area contributed by atoms with Crippen molar-refractivity contribution in [2.24, 2.45) is 5.41 Å². The van der Waals surface area contributed by atoms with Gasteiger partial charge in [0.05, 0.1) is 13.7 Å². The van der Waals surface area contributed by atoms with Crippen molar-refractivity contribution in [3.8, 4) is 33.6 Å². The van der Waals surface area contributed by atoms with Crippen LogP contribution in [0.1, 0.15) is 52.7 Å². The van der Waals surface area contributed by atoms with Gasteiger partial charge in [-0.05, 0) is 62.6 Å². The summed E-state index contributed by atoms with van der Waals surface area (Å²) in [5.74, 6) is 0. The molecule has 0 spiro atoms. The van der Waals surface area contributed by atoms with Gasteiger partial charge in [0.25, 0.3) is 0 Å². The molecule has 7 rings (SSSR count). The van der Waals surface area contributed by atoms with Crippen molar-refractivity contribution in [2.45, 2.75) is 73.0 Å². The van der Waals surface area contributed by atoms with E-state index in [2.05, 4.69) is 157 Å². The molecule has 1 radical (unpaired) electrons. The molecule has 0 atom stereocenters. The van der Waals surface area contributed by atoms with Gasteiger partial charge >= 0.3 is 0 Å². The second-order valence-corrected chi connectivity index (χ2v) is 21.5. The molecule has 3 heterocycles. The van der Waals surface area contributed by atoms with Gasteiger partial charge in [0.2, 0.25) is 0 Å². The summed E-state index contributed by atoms with van der Waals surface area (Å²) in [5, 5.41) is 3.69. The van der Waals surface area contributed by atoms with Gasteiger partial charge in [-0.1, -0.05) is 132 Å². The maximum absolute atomic E-state index is 6.35. The first-order chi connectivity index (χ1) is 23.7. The SMILES string of the molecule is CC(C)(C)Cc1cc(-c2[c-]cccc2)ncc1[Si](C)(C)C.CC(C)(C)c1ccnc(-c2[c-]ccc3c2oc2cc(-c4ccccc4)ccc23)c1.[Ir]. The second kappa shape index (κ2) is 15.2. The Labute approximate surface area is 319 Å². The summed E-state index contributed by atoms with van der Waals surface area (Å²) < 4.78 is 6.35. The van der Waals surface area contributed by atoms with E-state index in [-0.39, 0.29) is 30.9 Å². The van der Waals surface area contributed by atoms with E-state index in [0.29, 0.717) is 0 Å². The monoisotopic (exact) mass is 865 g/mol. The van der Waals surface area contributed by atoms with Crippen molar-refractivity contribution in [3.63, 3.8) is 0 Å². The molecule has 51 heavy (non-hydrogen) atoms. The van der Waals surface area contributed by atoms with E-state index in [1.807, 2.05) is 36.5 Å². The van der Waals surface area contributed by atoms with Crippen LogP contribution >= 0.6 is 0 Å². The number of hydrogen-bond donors (Lipinski definition) is 0. The fourth-order valence-corrected chi connectivity index (χ4v) is 7.94. The summed E-state index contributed by atoms with van der Waals surface area (Å²) in [5.41, 5.74) is 11.0. The Balaban J connectivity index is 0.000000205. The number of hydrogen-bond acceptors (Lipinski definition) is 3. The summed E-state index contributed by atoms with van der Waals surface area (Å²) in [4.78, 5) is 9.33. The van der Waals surface area contributed by atoms with Gasteiger partial charge < -0.3 is 14.4 Å². The zero-order valence-corrected chi connectivity index (χ0v) is 34.7. The van der Waals surface area contributed by atoms with Crippen LogP contribution in [0.4, 0.5) is 0 Å². The quantitative estimate of drug-likeness (QED) is 0.128. The molecule has 263 valence electrons. The summed E-state index contributed by atoms with van der Waals surface area (Å²) in [7, 11) is -1.37. The number of furan rings is 1. The van der Waals surface area contributed by atoms with Crippen molar-refractivity contribution in [1.29, 1.82) is 0 Å². The third-order valence-corrected chi connectivity index (χ3v) is 11.0. The van der Waals surface area contributed by atoms with Crippen LogP contribution in [0.25, 0.3) is 55.6 Å². The molecule has 7 aromatic rings. The molecule has 5 heteroatoms. The minimum absolute atomic E-state index is 0. The van der Waals surface area contributed by atoms with Gasteiger partial charge in [0.15, 0.2) is 0 Å². The van der Waals surface area contributed by atoms with E-state index in [1.54, 1.807) is 0 Å². The van der Waals surface area contributed by atoms with Crippen LogP contribution in [0.5, 0.6) is 0 Å². The topological polar surface area (TPSA) is 38.9 Å². The fourth-order valence-electron chi connectivity index (χ4n) is 6.37. The van der Waals surface area contributed by atoms with Gasteiger partial charge in [-0.15, -0.1) is 54.1 Å². The van der Waals surface area contributed by atoms with Crippen LogP contribution in [0.15, 0.2) is 120 Å². The Morgan fingerprint density at radius 3 is 2.10 bits per heavy atom. The van der Waals surface area contributed by atoms with E-state index in [9.17, 15) is 0 Å². The minimum Gasteiger partial charge on any atom is -0.501 e. The molecule has 0 amide bonds. The van der Waals surface area contributed by atoms with E-state index in [4.69, 9.17) is 9.40 Å². The fraction of sp³-hybridized carbons (Fsp3) is 0.261. The second-order valence-electron chi connectivity index (χ2n) is 16.4. The van der Waals surface area contributed by atoms with Gasteiger partial charge in [0, 0.05) is 37.9 Å². The molecule has 0 bridgehead atoms. The average molecular weight is 865 g/mol. The van der Waals surface area contributed by atoms with Crippen LogP contribution < -0.4 is 5.19 Å². The van der Waals surface area contributed by atoms with Crippen molar-refractivity contribution < 1.29 is 24.5 Å². The van der Waals surface area contributed by atoms with Crippen molar-refractivity contribution in [2.75, 3.05) is 0 Å². The van der Waals surface area contributed by atoms with Crippen molar-refractivity contribution in [3.05, 3.63) is 139 Å². The van der Waals surface area contributed by atoms with Gasteiger partial charge in [-0.2, -0.15) is 0 Å². The number of nitrogens with zero attached hydrogens (tertiary/aromatic N) is 2. The first kappa shape index (κ1) is 38.1. The number of benzene rings is 4. The van der Waals surface area contributed by atoms with Gasteiger partial charge in [0.1, 0.15) is 5.58 Å². The van der Waals surface area contributed by atoms with E-state index in [0.717, 1.165) is 56.4 Å². The molecule has 0 saturated carbocycles. The van der Waals surface area contributed by atoms with Crippen LogP contribution in [-0.4, -0.2) is 18.0 Å². The zero-order chi connectivity index (χ0) is 35.7. The van der Waals surface area contributed by atoms with Crippen LogP contribution in [0.3, 0.4) is 0 Å². The number of rotatable bonds is 5. The third kappa shape index (κ3) is 9.02. The summed E-state index contributed by atoms with van der Waals surface area (Å²) in [6.45, 7) is 20.7. The predicted molar refractivity (Wildman–Crippen MR) is 215 cm³/mol. The smallest absolute Gasteiger partial charge is 0.121 e. The first-order valence-corrected chi connectivity index (χ1v) is 21.0. The molecular weight excluding hydrogens is 817 g/mol. The number of fused-ring (bicyclic) bond motifs is 3. The van der Waals surface area contributed by atoms with Crippen LogP contribution in [-0.2, 0) is 31.9 Å². The molecular formula is C46H48IrN2OSi-2. The zero-order valence-electron chi connectivity index (χ0n) is 31.3. The molecule has 0 aliphatic heterocycles.